The predicted molar refractivity (Wildman–Crippen MR) is 88.7 cm³/mol. The van der Waals surface area contributed by atoms with Gasteiger partial charge in [-0.1, -0.05) is 36.4 Å². The number of hydrogen-bond donors (Lipinski definition) is 1. The molecule has 2 rings (SSSR count). The minimum atomic E-state index is -0.300. The molecule has 118 valence electrons. The van der Waals surface area contributed by atoms with Crippen LogP contribution in [0.1, 0.15) is 41.8 Å². The van der Waals surface area contributed by atoms with Crippen LogP contribution in [0.2, 0.25) is 0 Å². The van der Waals surface area contributed by atoms with E-state index in [0.717, 1.165) is 23.1 Å². The lowest BCUT2D eigenvalue weighted by Crippen LogP contribution is -2.19. The standard InChI is InChI=1S/C16H21N3O2S/c1-5-8-19-15(21)17-18-16(19)22-12(4)14(20)13-9-10(2)6-7-11(13)3/h6-7,9,12H,5,8H2,1-4H3,(H,17,21)/t12-/m1/s1. The molecule has 0 bridgehead atoms. The van der Waals surface area contributed by atoms with E-state index < -0.39 is 0 Å². The number of aromatic amines is 1. The summed E-state index contributed by atoms with van der Waals surface area (Å²) in [4.78, 5) is 24.3. The number of carbonyl (C=O) groups excluding carboxylic acids is 1. The summed E-state index contributed by atoms with van der Waals surface area (Å²) >= 11 is 1.32. The Hall–Kier alpha value is -1.82. The lowest BCUT2D eigenvalue weighted by molar-refractivity contribution is 0.0993. The summed E-state index contributed by atoms with van der Waals surface area (Å²) in [5.41, 5.74) is 2.54. The number of benzene rings is 1. The zero-order valence-corrected chi connectivity index (χ0v) is 14.2. The van der Waals surface area contributed by atoms with Gasteiger partial charge in [-0.15, -0.1) is 5.10 Å². The number of ketones is 1. The van der Waals surface area contributed by atoms with Crippen LogP contribution < -0.4 is 5.69 Å². The van der Waals surface area contributed by atoms with Gasteiger partial charge in [0.05, 0.1) is 5.25 Å². The van der Waals surface area contributed by atoms with Crippen LogP contribution in [0.25, 0.3) is 0 Å². The van der Waals surface area contributed by atoms with Gasteiger partial charge < -0.3 is 0 Å². The molecule has 1 aromatic carbocycles. The monoisotopic (exact) mass is 319 g/mol. The molecule has 0 saturated heterocycles. The molecule has 5 nitrogen and oxygen atoms in total. The summed E-state index contributed by atoms with van der Waals surface area (Å²) in [7, 11) is 0. The third kappa shape index (κ3) is 3.50. The zero-order chi connectivity index (χ0) is 16.3. The summed E-state index contributed by atoms with van der Waals surface area (Å²) in [5, 5.41) is 6.75. The molecule has 0 aliphatic carbocycles. The average Bonchev–Trinajstić information content (AvgIpc) is 2.82. The van der Waals surface area contributed by atoms with Crippen molar-refractivity contribution in [3.8, 4) is 0 Å². The Kier molecular flexibility index (Phi) is 5.24. The zero-order valence-electron chi connectivity index (χ0n) is 13.3. The lowest BCUT2D eigenvalue weighted by atomic mass is 10.0. The smallest absolute Gasteiger partial charge is 0.293 e. The van der Waals surface area contributed by atoms with E-state index in [0.29, 0.717) is 11.7 Å². The Balaban J connectivity index is 2.22. The molecule has 6 heteroatoms. The SMILES string of the molecule is CCCn1c(S[C@H](C)C(=O)c2cc(C)ccc2C)n[nH]c1=O. The summed E-state index contributed by atoms with van der Waals surface area (Å²) in [5.74, 6) is 0.0599. The van der Waals surface area contributed by atoms with Crippen molar-refractivity contribution in [2.75, 3.05) is 0 Å². The van der Waals surface area contributed by atoms with Gasteiger partial charge in [-0.3, -0.25) is 9.36 Å². The van der Waals surface area contributed by atoms with Gasteiger partial charge in [0.15, 0.2) is 10.9 Å². The van der Waals surface area contributed by atoms with Gasteiger partial charge in [-0.2, -0.15) is 0 Å². The van der Waals surface area contributed by atoms with Crippen molar-refractivity contribution >= 4 is 17.5 Å². The molecule has 1 aromatic heterocycles. The van der Waals surface area contributed by atoms with Crippen LogP contribution in [-0.4, -0.2) is 25.8 Å². The van der Waals surface area contributed by atoms with Gasteiger partial charge in [0, 0.05) is 12.1 Å². The quantitative estimate of drug-likeness (QED) is 0.656. The molecule has 0 fully saturated rings. The van der Waals surface area contributed by atoms with Crippen molar-refractivity contribution in [2.45, 2.75) is 51.1 Å². The van der Waals surface area contributed by atoms with Crippen LogP contribution >= 0.6 is 11.8 Å². The predicted octanol–water partition coefficient (Wildman–Crippen LogP) is 2.96. The normalized spacial score (nSPS) is 12.4. The molecule has 1 atom stereocenters. The van der Waals surface area contributed by atoms with Crippen LogP contribution in [0.5, 0.6) is 0 Å². The van der Waals surface area contributed by atoms with Gasteiger partial charge in [0.1, 0.15) is 0 Å². The topological polar surface area (TPSA) is 67.8 Å². The van der Waals surface area contributed by atoms with E-state index in [1.54, 1.807) is 4.57 Å². The summed E-state index contributed by atoms with van der Waals surface area (Å²) in [6.45, 7) is 8.36. The van der Waals surface area contributed by atoms with Gasteiger partial charge in [-0.05, 0) is 38.8 Å². The number of hydrogen-bond acceptors (Lipinski definition) is 4. The number of nitrogens with zero attached hydrogens (tertiary/aromatic N) is 2. The maximum absolute atomic E-state index is 12.7. The van der Waals surface area contributed by atoms with Crippen molar-refractivity contribution in [3.63, 3.8) is 0 Å². The minimum Gasteiger partial charge on any atom is -0.293 e. The van der Waals surface area contributed by atoms with Crippen LogP contribution in [0.3, 0.4) is 0 Å². The fraction of sp³-hybridized carbons (Fsp3) is 0.438. The second kappa shape index (κ2) is 6.96. The molecule has 0 saturated carbocycles. The third-order valence-corrected chi connectivity index (χ3v) is 4.57. The lowest BCUT2D eigenvalue weighted by Gasteiger charge is -2.12. The first-order valence-electron chi connectivity index (χ1n) is 7.37. The van der Waals surface area contributed by atoms with E-state index in [4.69, 9.17) is 0 Å². The van der Waals surface area contributed by atoms with Gasteiger partial charge >= 0.3 is 5.69 Å². The fourth-order valence-corrected chi connectivity index (χ4v) is 3.20. The van der Waals surface area contributed by atoms with Crippen LogP contribution in [0, 0.1) is 13.8 Å². The molecule has 1 heterocycles. The molecule has 0 aliphatic heterocycles. The van der Waals surface area contributed by atoms with Crippen LogP contribution in [0.15, 0.2) is 28.2 Å². The first-order chi connectivity index (χ1) is 10.4. The number of aryl methyl sites for hydroxylation is 2. The maximum atomic E-state index is 12.7. The Morgan fingerprint density at radius 1 is 1.41 bits per heavy atom. The highest BCUT2D eigenvalue weighted by atomic mass is 32.2. The molecule has 1 N–H and O–H groups in total. The van der Waals surface area contributed by atoms with Gasteiger partial charge in [0.2, 0.25) is 0 Å². The summed E-state index contributed by atoms with van der Waals surface area (Å²) < 4.78 is 1.58. The van der Waals surface area contributed by atoms with Crippen LogP contribution in [-0.2, 0) is 6.54 Å². The Morgan fingerprint density at radius 3 is 2.82 bits per heavy atom. The molecule has 0 aliphatic rings. The van der Waals surface area contributed by atoms with Crippen molar-refractivity contribution in [2.24, 2.45) is 0 Å². The number of H-pyrrole nitrogens is 1. The largest absolute Gasteiger partial charge is 0.343 e. The van der Waals surface area contributed by atoms with Crippen LogP contribution in [0.4, 0.5) is 0 Å². The molecule has 0 spiro atoms. The highest BCUT2D eigenvalue weighted by molar-refractivity contribution is 8.00. The first kappa shape index (κ1) is 16.5. The van der Waals surface area contributed by atoms with Gasteiger partial charge in [-0.25, -0.2) is 9.89 Å². The Labute approximate surface area is 134 Å². The highest BCUT2D eigenvalue weighted by Crippen LogP contribution is 2.24. The van der Waals surface area contributed by atoms with E-state index >= 15 is 0 Å². The number of thioether (sulfide) groups is 1. The van der Waals surface area contributed by atoms with E-state index in [2.05, 4.69) is 10.2 Å². The third-order valence-electron chi connectivity index (χ3n) is 3.48. The molecule has 2 aromatic rings. The highest BCUT2D eigenvalue weighted by Gasteiger charge is 2.21. The number of aromatic nitrogens is 3. The number of rotatable bonds is 6. The van der Waals surface area contributed by atoms with Crippen molar-refractivity contribution in [1.29, 1.82) is 0 Å². The number of Topliss-reactive ketones (excluding diaryl/α,β-unsaturated/α-hetero) is 1. The van der Waals surface area contributed by atoms with Crippen molar-refractivity contribution in [3.05, 3.63) is 45.4 Å². The Morgan fingerprint density at radius 2 is 2.14 bits per heavy atom. The van der Waals surface area contributed by atoms with E-state index in [1.807, 2.05) is 45.9 Å². The summed E-state index contributed by atoms with van der Waals surface area (Å²) in [6.07, 6.45) is 0.840. The fourth-order valence-electron chi connectivity index (χ4n) is 2.25. The second-order valence-corrected chi connectivity index (χ2v) is 6.71. The maximum Gasteiger partial charge on any atom is 0.343 e. The van der Waals surface area contributed by atoms with E-state index in [9.17, 15) is 9.59 Å². The first-order valence-corrected chi connectivity index (χ1v) is 8.25. The molecule has 0 unspecified atom stereocenters. The summed E-state index contributed by atoms with van der Waals surface area (Å²) in [6, 6.07) is 5.87. The number of carbonyl (C=O) groups is 1. The Bertz CT molecular complexity index is 733. The van der Waals surface area contributed by atoms with Crippen molar-refractivity contribution < 1.29 is 4.79 Å². The second-order valence-electron chi connectivity index (χ2n) is 5.41. The molecule has 0 amide bonds. The average molecular weight is 319 g/mol. The number of nitrogens with one attached hydrogen (secondary N) is 1. The minimum absolute atomic E-state index is 0.0599. The molecule has 0 radical (unpaired) electrons. The van der Waals surface area contributed by atoms with E-state index in [1.165, 1.54) is 11.8 Å². The van der Waals surface area contributed by atoms with Crippen molar-refractivity contribution in [1.82, 2.24) is 14.8 Å². The molecular formula is C16H21N3O2S. The molecule has 22 heavy (non-hydrogen) atoms. The van der Waals surface area contributed by atoms with Gasteiger partial charge in [0.25, 0.3) is 0 Å². The van der Waals surface area contributed by atoms with E-state index in [-0.39, 0.29) is 16.7 Å². The molecular weight excluding hydrogens is 298 g/mol.